The third-order valence-corrected chi connectivity index (χ3v) is 3.53. The average Bonchev–Trinajstić information content (AvgIpc) is 2.42. The Morgan fingerprint density at radius 3 is 2.16 bits per heavy atom. The molecular formula is C16H25F2N. The molecule has 0 atom stereocenters. The Morgan fingerprint density at radius 2 is 1.58 bits per heavy atom. The first-order valence-electron chi connectivity index (χ1n) is 7.32. The number of hydrogen-bond acceptors (Lipinski definition) is 1. The third-order valence-electron chi connectivity index (χ3n) is 3.53. The molecule has 0 bridgehead atoms. The summed E-state index contributed by atoms with van der Waals surface area (Å²) in [7, 11) is 0. The summed E-state index contributed by atoms with van der Waals surface area (Å²) >= 11 is 0. The van der Waals surface area contributed by atoms with Crippen LogP contribution in [0, 0.1) is 11.6 Å². The van der Waals surface area contributed by atoms with Gasteiger partial charge in [-0.1, -0.05) is 32.9 Å². The standard InChI is InChI=1S/C16H25F2N/c1-4-11-19(6-3)12-7-8-14-10-9-13(5-2)15(17)16(14)18/h9-10H,4-8,11-12H2,1-3H3. The van der Waals surface area contributed by atoms with Crippen LogP contribution in [-0.2, 0) is 12.8 Å². The van der Waals surface area contributed by atoms with Crippen molar-refractivity contribution in [1.29, 1.82) is 0 Å². The molecule has 0 saturated heterocycles. The molecule has 108 valence electrons. The van der Waals surface area contributed by atoms with Crippen LogP contribution < -0.4 is 0 Å². The second-order valence-electron chi connectivity index (χ2n) is 4.90. The van der Waals surface area contributed by atoms with Crippen molar-refractivity contribution in [1.82, 2.24) is 4.90 Å². The van der Waals surface area contributed by atoms with E-state index >= 15 is 0 Å². The average molecular weight is 269 g/mol. The molecule has 1 nitrogen and oxygen atoms in total. The number of benzene rings is 1. The predicted octanol–water partition coefficient (Wildman–Crippen LogP) is 4.19. The van der Waals surface area contributed by atoms with Crippen molar-refractivity contribution in [3.05, 3.63) is 34.9 Å². The van der Waals surface area contributed by atoms with Gasteiger partial charge in [-0.05, 0) is 56.4 Å². The summed E-state index contributed by atoms with van der Waals surface area (Å²) in [4.78, 5) is 2.34. The topological polar surface area (TPSA) is 3.24 Å². The van der Waals surface area contributed by atoms with Gasteiger partial charge in [-0.25, -0.2) is 8.78 Å². The maximum absolute atomic E-state index is 13.8. The molecule has 0 aliphatic carbocycles. The van der Waals surface area contributed by atoms with Crippen LogP contribution >= 0.6 is 0 Å². The van der Waals surface area contributed by atoms with Crippen LogP contribution in [0.25, 0.3) is 0 Å². The highest BCUT2D eigenvalue weighted by Gasteiger charge is 2.12. The van der Waals surface area contributed by atoms with Crippen molar-refractivity contribution in [2.75, 3.05) is 19.6 Å². The van der Waals surface area contributed by atoms with E-state index in [0.717, 1.165) is 32.5 Å². The maximum Gasteiger partial charge on any atom is 0.162 e. The Bertz CT molecular complexity index is 391. The first-order valence-corrected chi connectivity index (χ1v) is 7.32. The molecule has 3 heteroatoms. The lowest BCUT2D eigenvalue weighted by Gasteiger charge is -2.19. The van der Waals surface area contributed by atoms with Gasteiger partial charge in [-0.2, -0.15) is 0 Å². The molecular weight excluding hydrogens is 244 g/mol. The molecule has 0 heterocycles. The fourth-order valence-electron chi connectivity index (χ4n) is 2.33. The van der Waals surface area contributed by atoms with Gasteiger partial charge in [-0.15, -0.1) is 0 Å². The minimum Gasteiger partial charge on any atom is -0.304 e. The Morgan fingerprint density at radius 1 is 0.947 bits per heavy atom. The summed E-state index contributed by atoms with van der Waals surface area (Å²) in [6.07, 6.45) is 3.13. The first kappa shape index (κ1) is 16.1. The largest absolute Gasteiger partial charge is 0.304 e. The Kier molecular flexibility index (Phi) is 7.00. The molecule has 0 aromatic heterocycles. The van der Waals surface area contributed by atoms with Crippen molar-refractivity contribution < 1.29 is 8.78 Å². The van der Waals surface area contributed by atoms with Gasteiger partial charge in [0.25, 0.3) is 0 Å². The molecule has 0 radical (unpaired) electrons. The highest BCUT2D eigenvalue weighted by Crippen LogP contribution is 2.18. The van der Waals surface area contributed by atoms with Crippen LogP contribution in [0.1, 0.15) is 44.7 Å². The van der Waals surface area contributed by atoms with E-state index in [0.29, 0.717) is 24.0 Å². The zero-order valence-electron chi connectivity index (χ0n) is 12.3. The van der Waals surface area contributed by atoms with Crippen molar-refractivity contribution in [3.8, 4) is 0 Å². The molecule has 0 unspecified atom stereocenters. The van der Waals surface area contributed by atoms with Gasteiger partial charge < -0.3 is 4.90 Å². The SMILES string of the molecule is CCCN(CC)CCCc1ccc(CC)c(F)c1F. The number of aryl methyl sites for hydroxylation is 2. The van der Waals surface area contributed by atoms with Gasteiger partial charge in [0, 0.05) is 0 Å². The van der Waals surface area contributed by atoms with E-state index in [1.807, 2.05) is 6.92 Å². The second-order valence-corrected chi connectivity index (χ2v) is 4.90. The molecule has 0 amide bonds. The van der Waals surface area contributed by atoms with Crippen LogP contribution in [0.3, 0.4) is 0 Å². The molecule has 1 aromatic carbocycles. The molecule has 19 heavy (non-hydrogen) atoms. The summed E-state index contributed by atoms with van der Waals surface area (Å²) in [6, 6.07) is 3.44. The lowest BCUT2D eigenvalue weighted by atomic mass is 10.0. The van der Waals surface area contributed by atoms with E-state index in [-0.39, 0.29) is 0 Å². The second kappa shape index (κ2) is 8.26. The van der Waals surface area contributed by atoms with Crippen molar-refractivity contribution in [2.45, 2.75) is 46.5 Å². The summed E-state index contributed by atoms with van der Waals surface area (Å²) in [5.74, 6) is -1.32. The zero-order valence-corrected chi connectivity index (χ0v) is 12.3. The molecule has 0 fully saturated rings. The van der Waals surface area contributed by atoms with E-state index in [1.54, 1.807) is 12.1 Å². The first-order chi connectivity index (χ1) is 9.13. The minimum absolute atomic E-state index is 0.461. The van der Waals surface area contributed by atoms with E-state index in [2.05, 4.69) is 18.7 Å². The van der Waals surface area contributed by atoms with Gasteiger partial charge in [0.15, 0.2) is 11.6 Å². The fourth-order valence-corrected chi connectivity index (χ4v) is 2.33. The summed E-state index contributed by atoms with van der Waals surface area (Å²) in [6.45, 7) is 9.15. The van der Waals surface area contributed by atoms with Crippen LogP contribution in [0.15, 0.2) is 12.1 Å². The third kappa shape index (κ3) is 4.57. The number of hydrogen-bond donors (Lipinski definition) is 0. The molecule has 0 saturated carbocycles. The van der Waals surface area contributed by atoms with Crippen LogP contribution in [0.4, 0.5) is 8.78 Å². The Balaban J connectivity index is 2.56. The Labute approximate surface area is 115 Å². The summed E-state index contributed by atoms with van der Waals surface area (Å²) in [5, 5.41) is 0. The lowest BCUT2D eigenvalue weighted by molar-refractivity contribution is 0.284. The van der Waals surface area contributed by atoms with Gasteiger partial charge in [-0.3, -0.25) is 0 Å². The normalized spacial score (nSPS) is 11.3. The quantitative estimate of drug-likeness (QED) is 0.684. The van der Waals surface area contributed by atoms with Gasteiger partial charge in [0.1, 0.15) is 0 Å². The zero-order chi connectivity index (χ0) is 14.3. The van der Waals surface area contributed by atoms with E-state index in [4.69, 9.17) is 0 Å². The van der Waals surface area contributed by atoms with Gasteiger partial charge in [0.05, 0.1) is 0 Å². The van der Waals surface area contributed by atoms with Crippen LogP contribution in [-0.4, -0.2) is 24.5 Å². The Hall–Kier alpha value is -0.960. The van der Waals surface area contributed by atoms with E-state index in [1.165, 1.54) is 0 Å². The monoisotopic (exact) mass is 269 g/mol. The lowest BCUT2D eigenvalue weighted by Crippen LogP contribution is -2.25. The fraction of sp³-hybridized carbons (Fsp3) is 0.625. The van der Waals surface area contributed by atoms with Crippen molar-refractivity contribution in [3.63, 3.8) is 0 Å². The molecule has 0 aliphatic heterocycles. The molecule has 0 N–H and O–H groups in total. The maximum atomic E-state index is 13.8. The number of halogens is 2. The van der Waals surface area contributed by atoms with Crippen molar-refractivity contribution in [2.24, 2.45) is 0 Å². The van der Waals surface area contributed by atoms with Gasteiger partial charge >= 0.3 is 0 Å². The summed E-state index contributed by atoms with van der Waals surface area (Å²) in [5.41, 5.74) is 0.963. The highest BCUT2D eigenvalue weighted by molar-refractivity contribution is 5.26. The predicted molar refractivity (Wildman–Crippen MR) is 76.5 cm³/mol. The molecule has 0 aliphatic rings. The smallest absolute Gasteiger partial charge is 0.162 e. The highest BCUT2D eigenvalue weighted by atomic mass is 19.2. The van der Waals surface area contributed by atoms with Gasteiger partial charge in [0.2, 0.25) is 0 Å². The number of nitrogens with zero attached hydrogens (tertiary/aromatic N) is 1. The van der Waals surface area contributed by atoms with Crippen LogP contribution in [0.2, 0.25) is 0 Å². The number of rotatable bonds is 8. The van der Waals surface area contributed by atoms with E-state index < -0.39 is 11.6 Å². The minimum atomic E-state index is -0.666. The molecule has 1 aromatic rings. The molecule has 0 spiro atoms. The molecule has 1 rings (SSSR count). The van der Waals surface area contributed by atoms with Crippen molar-refractivity contribution >= 4 is 0 Å². The summed E-state index contributed by atoms with van der Waals surface area (Å²) < 4.78 is 27.5. The van der Waals surface area contributed by atoms with Crippen LogP contribution in [0.5, 0.6) is 0 Å². The van der Waals surface area contributed by atoms with E-state index in [9.17, 15) is 8.78 Å².